The number of nitrogens with zero attached hydrogens (tertiary/aromatic N) is 1. The minimum Gasteiger partial charge on any atom is -0.468 e. The zero-order valence-electron chi connectivity index (χ0n) is 12.4. The number of halogens is 1. The Kier molecular flexibility index (Phi) is 5.31. The smallest absolute Gasteiger partial charge is 0.327 e. The predicted molar refractivity (Wildman–Crippen MR) is 87.0 cm³/mol. The molecule has 0 aliphatic heterocycles. The Bertz CT molecular complexity index is 643. The van der Waals surface area contributed by atoms with Gasteiger partial charge < -0.3 is 10.1 Å². The van der Waals surface area contributed by atoms with Gasteiger partial charge in [0.15, 0.2) is 0 Å². The fourth-order valence-electron chi connectivity index (χ4n) is 2.18. The summed E-state index contributed by atoms with van der Waals surface area (Å²) in [4.78, 5) is 16.6. The van der Waals surface area contributed by atoms with Crippen LogP contribution in [0.4, 0.5) is 0 Å². The van der Waals surface area contributed by atoms with Crippen LogP contribution in [0.15, 0.2) is 34.9 Å². The number of carbonyl (C=O) groups excluding carboxylic acids is 1. The predicted octanol–water partition coefficient (Wildman–Crippen LogP) is 3.46. The van der Waals surface area contributed by atoms with Crippen LogP contribution in [0.5, 0.6) is 0 Å². The maximum Gasteiger partial charge on any atom is 0.327 e. The Morgan fingerprint density at radius 3 is 2.81 bits per heavy atom. The molecule has 21 heavy (non-hydrogen) atoms. The van der Waals surface area contributed by atoms with Crippen LogP contribution >= 0.6 is 15.9 Å². The molecule has 5 heteroatoms. The van der Waals surface area contributed by atoms with Crippen LogP contribution in [-0.2, 0) is 9.53 Å². The number of aromatic nitrogens is 1. The van der Waals surface area contributed by atoms with Crippen molar-refractivity contribution >= 4 is 32.8 Å². The number of pyridine rings is 1. The van der Waals surface area contributed by atoms with Gasteiger partial charge in [0.1, 0.15) is 6.04 Å². The summed E-state index contributed by atoms with van der Waals surface area (Å²) in [5.41, 5.74) is 1.64. The minimum absolute atomic E-state index is 0.301. The summed E-state index contributed by atoms with van der Waals surface area (Å²) >= 11 is 3.52. The van der Waals surface area contributed by atoms with Gasteiger partial charge in [-0.05, 0) is 24.6 Å². The van der Waals surface area contributed by atoms with E-state index in [9.17, 15) is 4.79 Å². The highest BCUT2D eigenvalue weighted by Crippen LogP contribution is 2.29. The van der Waals surface area contributed by atoms with Gasteiger partial charge in [-0.1, -0.05) is 41.9 Å². The summed E-state index contributed by atoms with van der Waals surface area (Å²) in [5.74, 6) is 0.136. The number of hydrogen-bond donors (Lipinski definition) is 1. The van der Waals surface area contributed by atoms with Gasteiger partial charge in [0, 0.05) is 21.6 Å². The molecule has 4 nitrogen and oxygen atoms in total. The van der Waals surface area contributed by atoms with Crippen LogP contribution < -0.4 is 5.32 Å². The van der Waals surface area contributed by atoms with Crippen molar-refractivity contribution in [3.8, 4) is 0 Å². The summed E-state index contributed by atoms with van der Waals surface area (Å²) in [6.07, 6.45) is 1.73. The van der Waals surface area contributed by atoms with Crippen LogP contribution in [0.25, 0.3) is 10.9 Å². The van der Waals surface area contributed by atoms with Crippen LogP contribution in [0.3, 0.4) is 0 Å². The Morgan fingerprint density at radius 2 is 2.14 bits per heavy atom. The van der Waals surface area contributed by atoms with E-state index in [1.807, 2.05) is 24.3 Å². The molecule has 1 aromatic carbocycles. The molecule has 2 rings (SSSR count). The summed E-state index contributed by atoms with van der Waals surface area (Å²) < 4.78 is 5.90. The lowest BCUT2D eigenvalue weighted by atomic mass is 10.0. The first kappa shape index (κ1) is 15.9. The largest absolute Gasteiger partial charge is 0.468 e. The maximum absolute atomic E-state index is 12.1. The molecular weight excluding hydrogens is 332 g/mol. The van der Waals surface area contributed by atoms with Crippen molar-refractivity contribution in [1.82, 2.24) is 10.3 Å². The van der Waals surface area contributed by atoms with E-state index in [4.69, 9.17) is 4.74 Å². The third-order valence-corrected chi connectivity index (χ3v) is 3.92. The van der Waals surface area contributed by atoms with E-state index < -0.39 is 6.04 Å². The molecule has 0 saturated carbocycles. The second-order valence-corrected chi connectivity index (χ2v) is 6.15. The number of benzene rings is 1. The van der Waals surface area contributed by atoms with Gasteiger partial charge in [0.05, 0.1) is 12.6 Å². The van der Waals surface area contributed by atoms with Gasteiger partial charge in [0.2, 0.25) is 0 Å². The van der Waals surface area contributed by atoms with E-state index in [2.05, 4.69) is 40.1 Å². The van der Waals surface area contributed by atoms with E-state index in [0.717, 1.165) is 27.5 Å². The maximum atomic E-state index is 12.1. The van der Waals surface area contributed by atoms with Crippen molar-refractivity contribution in [3.05, 3.63) is 40.5 Å². The summed E-state index contributed by atoms with van der Waals surface area (Å²) in [6, 6.07) is 7.20. The lowest BCUT2D eigenvalue weighted by Crippen LogP contribution is -2.32. The van der Waals surface area contributed by atoms with Crippen LogP contribution in [0, 0.1) is 5.92 Å². The second kappa shape index (κ2) is 7.00. The number of carbonyl (C=O) groups is 1. The average Bonchev–Trinajstić information content (AvgIpc) is 2.49. The molecule has 0 spiro atoms. The molecular formula is C16H19BrN2O2. The zero-order chi connectivity index (χ0) is 15.4. The third kappa shape index (κ3) is 3.60. The van der Waals surface area contributed by atoms with Gasteiger partial charge in [-0.25, -0.2) is 4.79 Å². The molecule has 0 fully saturated rings. The fourth-order valence-corrected chi connectivity index (χ4v) is 2.64. The molecule has 2 aromatic rings. The topological polar surface area (TPSA) is 51.2 Å². The highest BCUT2D eigenvalue weighted by Gasteiger charge is 2.24. The molecule has 1 N–H and O–H groups in total. The van der Waals surface area contributed by atoms with Crippen molar-refractivity contribution in [2.24, 2.45) is 5.92 Å². The summed E-state index contributed by atoms with van der Waals surface area (Å²) in [7, 11) is 1.40. The van der Waals surface area contributed by atoms with Crippen LogP contribution in [-0.4, -0.2) is 24.6 Å². The van der Waals surface area contributed by atoms with E-state index in [1.165, 1.54) is 7.11 Å². The van der Waals surface area contributed by atoms with E-state index in [-0.39, 0.29) is 5.97 Å². The minimum atomic E-state index is -0.511. The number of nitrogens with one attached hydrogen (secondary N) is 1. The Morgan fingerprint density at radius 1 is 1.38 bits per heavy atom. The van der Waals surface area contributed by atoms with Gasteiger partial charge in [-0.2, -0.15) is 0 Å². The fraction of sp³-hybridized carbons (Fsp3) is 0.375. The standard InChI is InChI=1S/C16H19BrN2O2/c1-10(2)9-19-15(16(20)21-3)12-6-7-13(17)11-5-4-8-18-14(11)12/h4-8,10,15,19H,9H2,1-3H3. The third-order valence-electron chi connectivity index (χ3n) is 3.23. The first-order valence-electron chi connectivity index (χ1n) is 6.89. The molecule has 0 aliphatic rings. The molecule has 0 saturated heterocycles. The number of fused-ring (bicyclic) bond motifs is 1. The van der Waals surface area contributed by atoms with Crippen LogP contribution in [0.1, 0.15) is 25.5 Å². The lowest BCUT2D eigenvalue weighted by molar-refractivity contribution is -0.143. The Labute approximate surface area is 133 Å². The molecule has 0 bridgehead atoms. The number of methoxy groups -OCH3 is 1. The van der Waals surface area contributed by atoms with Crippen molar-refractivity contribution in [3.63, 3.8) is 0 Å². The Balaban J connectivity index is 2.49. The summed E-state index contributed by atoms with van der Waals surface area (Å²) in [6.45, 7) is 4.92. The van der Waals surface area contributed by atoms with Crippen molar-refractivity contribution in [2.45, 2.75) is 19.9 Å². The van der Waals surface area contributed by atoms with Crippen molar-refractivity contribution in [2.75, 3.05) is 13.7 Å². The van der Waals surface area contributed by atoms with Crippen molar-refractivity contribution < 1.29 is 9.53 Å². The SMILES string of the molecule is COC(=O)C(NCC(C)C)c1ccc(Br)c2cccnc12. The van der Waals surface area contributed by atoms with Gasteiger partial charge in [0.25, 0.3) is 0 Å². The molecule has 0 amide bonds. The second-order valence-electron chi connectivity index (χ2n) is 5.29. The number of hydrogen-bond acceptors (Lipinski definition) is 4. The first-order chi connectivity index (χ1) is 10.0. The normalized spacial score (nSPS) is 12.6. The highest BCUT2D eigenvalue weighted by molar-refractivity contribution is 9.10. The first-order valence-corrected chi connectivity index (χ1v) is 7.68. The van der Waals surface area contributed by atoms with Gasteiger partial charge in [-0.15, -0.1) is 0 Å². The molecule has 1 aromatic heterocycles. The monoisotopic (exact) mass is 350 g/mol. The molecule has 1 unspecified atom stereocenters. The van der Waals surface area contributed by atoms with Crippen LogP contribution in [0.2, 0.25) is 0 Å². The quantitative estimate of drug-likeness (QED) is 0.839. The molecule has 112 valence electrons. The van der Waals surface area contributed by atoms with E-state index in [0.29, 0.717) is 5.92 Å². The summed E-state index contributed by atoms with van der Waals surface area (Å²) in [5, 5.41) is 4.25. The highest BCUT2D eigenvalue weighted by atomic mass is 79.9. The average molecular weight is 351 g/mol. The molecule has 0 aliphatic carbocycles. The molecule has 0 radical (unpaired) electrons. The van der Waals surface area contributed by atoms with Crippen molar-refractivity contribution in [1.29, 1.82) is 0 Å². The number of esters is 1. The molecule has 1 atom stereocenters. The number of rotatable bonds is 5. The van der Waals surface area contributed by atoms with E-state index >= 15 is 0 Å². The Hall–Kier alpha value is -1.46. The van der Waals surface area contributed by atoms with Gasteiger partial charge >= 0.3 is 5.97 Å². The van der Waals surface area contributed by atoms with E-state index in [1.54, 1.807) is 6.20 Å². The molecule has 1 heterocycles. The van der Waals surface area contributed by atoms with Gasteiger partial charge in [-0.3, -0.25) is 4.98 Å². The zero-order valence-corrected chi connectivity index (χ0v) is 14.0. The number of ether oxygens (including phenoxy) is 1. The lowest BCUT2D eigenvalue weighted by Gasteiger charge is -2.19.